The third-order valence-electron chi connectivity index (χ3n) is 2.19. The Morgan fingerprint density at radius 3 is 2.71 bits per heavy atom. The third kappa shape index (κ3) is 3.56. The quantitative estimate of drug-likeness (QED) is 0.868. The Labute approximate surface area is 108 Å². The van der Waals surface area contributed by atoms with Crippen molar-refractivity contribution in [2.24, 2.45) is 0 Å². The molecule has 1 aromatic rings. The van der Waals surface area contributed by atoms with Crippen LogP contribution in [0.5, 0.6) is 0 Å². The van der Waals surface area contributed by atoms with Crippen LogP contribution in [0.15, 0.2) is 21.5 Å². The van der Waals surface area contributed by atoms with Gasteiger partial charge in [-0.3, -0.25) is 9.59 Å². The Morgan fingerprint density at radius 1 is 1.53 bits per heavy atom. The molecule has 0 aliphatic rings. The lowest BCUT2D eigenvalue weighted by Crippen LogP contribution is -2.13. The molecule has 92 valence electrons. The summed E-state index contributed by atoms with van der Waals surface area (Å²) >= 11 is 3.13. The number of nitrogens with zero attached hydrogens (tertiary/aromatic N) is 1. The van der Waals surface area contributed by atoms with Crippen molar-refractivity contribution in [3.63, 3.8) is 0 Å². The molecule has 0 radical (unpaired) electrons. The number of Topliss-reactive ketones (excluding diaryl/α,β-unsaturated/α-hetero) is 1. The lowest BCUT2D eigenvalue weighted by atomic mass is 10.1. The van der Waals surface area contributed by atoms with E-state index < -0.39 is 0 Å². The molecule has 0 aliphatic carbocycles. The summed E-state index contributed by atoms with van der Waals surface area (Å²) in [5.74, 6) is 0.000330. The van der Waals surface area contributed by atoms with Gasteiger partial charge in [0.1, 0.15) is 0 Å². The van der Waals surface area contributed by atoms with Gasteiger partial charge in [0.15, 0.2) is 5.78 Å². The summed E-state index contributed by atoms with van der Waals surface area (Å²) in [6.45, 7) is 1.79. The monoisotopic (exact) mass is 298 g/mol. The maximum atomic E-state index is 11.8. The van der Waals surface area contributed by atoms with Crippen molar-refractivity contribution >= 4 is 27.8 Å². The summed E-state index contributed by atoms with van der Waals surface area (Å²) in [5, 5.41) is 0. The van der Waals surface area contributed by atoms with Crippen molar-refractivity contribution in [1.82, 2.24) is 9.88 Å². The van der Waals surface area contributed by atoms with E-state index in [0.29, 0.717) is 22.2 Å². The van der Waals surface area contributed by atoms with Crippen LogP contribution in [0.4, 0.5) is 0 Å². The Hall–Kier alpha value is -1.36. The molecule has 0 bridgehead atoms. The van der Waals surface area contributed by atoms with Crippen LogP contribution in [0.2, 0.25) is 0 Å². The van der Waals surface area contributed by atoms with Crippen molar-refractivity contribution in [2.45, 2.75) is 13.3 Å². The van der Waals surface area contributed by atoms with Gasteiger partial charge in [-0.25, -0.2) is 0 Å². The fraction of sp³-hybridized carbons (Fsp3) is 0.333. The molecule has 1 heterocycles. The molecule has 0 spiro atoms. The average molecular weight is 299 g/mol. The van der Waals surface area contributed by atoms with Gasteiger partial charge in [0.2, 0.25) is 0 Å². The second-order valence-corrected chi connectivity index (χ2v) is 4.68. The zero-order valence-corrected chi connectivity index (χ0v) is 11.7. The molecular weight excluding hydrogens is 284 g/mol. The van der Waals surface area contributed by atoms with E-state index in [9.17, 15) is 9.59 Å². The van der Waals surface area contributed by atoms with E-state index in [1.54, 1.807) is 25.3 Å². The largest absolute Gasteiger partial charge is 0.383 e. The van der Waals surface area contributed by atoms with E-state index in [0.717, 1.165) is 0 Å². The Kier molecular flexibility index (Phi) is 4.69. The second-order valence-electron chi connectivity index (χ2n) is 3.83. The van der Waals surface area contributed by atoms with E-state index in [4.69, 9.17) is 0 Å². The molecule has 0 aromatic carbocycles. The van der Waals surface area contributed by atoms with Crippen molar-refractivity contribution in [3.8, 4) is 0 Å². The highest BCUT2D eigenvalue weighted by molar-refractivity contribution is 9.10. The second kappa shape index (κ2) is 5.82. The van der Waals surface area contributed by atoms with E-state index in [2.05, 4.69) is 20.9 Å². The van der Waals surface area contributed by atoms with Crippen LogP contribution in [0, 0.1) is 0 Å². The number of ketones is 1. The first-order valence-corrected chi connectivity index (χ1v) is 6.05. The summed E-state index contributed by atoms with van der Waals surface area (Å²) in [7, 11) is 3.74. The lowest BCUT2D eigenvalue weighted by molar-refractivity contribution is 0.0987. The smallest absolute Gasteiger partial charge is 0.262 e. The van der Waals surface area contributed by atoms with Gasteiger partial charge in [-0.1, -0.05) is 6.92 Å². The molecule has 17 heavy (non-hydrogen) atoms. The maximum Gasteiger partial charge on any atom is 0.262 e. The number of nitrogens with one attached hydrogen (secondary N) is 1. The van der Waals surface area contributed by atoms with Crippen LogP contribution in [-0.2, 0) is 0 Å². The van der Waals surface area contributed by atoms with Crippen molar-refractivity contribution in [1.29, 1.82) is 0 Å². The number of rotatable bonds is 4. The first kappa shape index (κ1) is 13.7. The number of aromatic amines is 1. The Morgan fingerprint density at radius 2 is 2.18 bits per heavy atom. The first-order chi connectivity index (χ1) is 7.95. The Bertz CT molecular complexity index is 504. The summed E-state index contributed by atoms with van der Waals surface area (Å²) in [6, 6.07) is 1.57. The fourth-order valence-electron chi connectivity index (χ4n) is 1.30. The first-order valence-electron chi connectivity index (χ1n) is 5.26. The molecule has 0 saturated heterocycles. The highest BCUT2D eigenvalue weighted by atomic mass is 79.9. The standard InChI is InChI=1S/C12H15BrN2O2/c1-4-11(16)8-7-9(13)12(17)14-10(8)5-6-15(2)3/h5-7H,4H2,1-3H3,(H,14,17)/b6-5-. The van der Waals surface area contributed by atoms with Crippen LogP contribution >= 0.6 is 15.9 Å². The van der Waals surface area contributed by atoms with Gasteiger partial charge in [0.25, 0.3) is 5.56 Å². The van der Waals surface area contributed by atoms with E-state index in [1.807, 2.05) is 19.0 Å². The molecule has 0 aliphatic heterocycles. The van der Waals surface area contributed by atoms with Crippen molar-refractivity contribution in [3.05, 3.63) is 38.4 Å². The molecule has 1 aromatic heterocycles. The highest BCUT2D eigenvalue weighted by Gasteiger charge is 2.11. The minimum Gasteiger partial charge on any atom is -0.383 e. The molecular formula is C12H15BrN2O2. The van der Waals surface area contributed by atoms with Crippen LogP contribution in [0.25, 0.3) is 6.08 Å². The minimum absolute atomic E-state index is 0.000330. The molecule has 0 unspecified atom stereocenters. The van der Waals surface area contributed by atoms with Gasteiger partial charge in [0.05, 0.1) is 10.2 Å². The Balaban J connectivity index is 3.31. The number of hydrogen-bond donors (Lipinski definition) is 1. The maximum absolute atomic E-state index is 11.8. The van der Waals surface area contributed by atoms with E-state index in [1.165, 1.54) is 0 Å². The number of aromatic nitrogens is 1. The summed E-state index contributed by atoms with van der Waals surface area (Å²) in [6.07, 6.45) is 3.91. The minimum atomic E-state index is -0.240. The van der Waals surface area contributed by atoms with Gasteiger partial charge in [-0.05, 0) is 28.1 Å². The molecule has 5 heteroatoms. The summed E-state index contributed by atoms with van der Waals surface area (Å²) < 4.78 is 0.372. The molecule has 4 nitrogen and oxygen atoms in total. The average Bonchev–Trinajstić information content (AvgIpc) is 2.29. The van der Waals surface area contributed by atoms with Crippen LogP contribution in [-0.4, -0.2) is 29.8 Å². The number of H-pyrrole nitrogens is 1. The molecule has 1 rings (SSSR count). The summed E-state index contributed by atoms with van der Waals surface area (Å²) in [5.41, 5.74) is 0.826. The topological polar surface area (TPSA) is 53.2 Å². The summed E-state index contributed by atoms with van der Waals surface area (Å²) in [4.78, 5) is 27.8. The number of halogens is 1. The predicted molar refractivity (Wildman–Crippen MR) is 72.1 cm³/mol. The van der Waals surface area contributed by atoms with Gasteiger partial charge < -0.3 is 9.88 Å². The van der Waals surface area contributed by atoms with Gasteiger partial charge in [-0.2, -0.15) is 0 Å². The number of carbonyl (C=O) groups excluding carboxylic acids is 1. The molecule has 0 amide bonds. The molecule has 1 N–H and O–H groups in total. The van der Waals surface area contributed by atoms with Gasteiger partial charge in [-0.15, -0.1) is 0 Å². The number of pyridine rings is 1. The third-order valence-corrected chi connectivity index (χ3v) is 2.78. The van der Waals surface area contributed by atoms with Gasteiger partial charge >= 0.3 is 0 Å². The zero-order valence-electron chi connectivity index (χ0n) is 10.1. The van der Waals surface area contributed by atoms with Crippen LogP contribution in [0.1, 0.15) is 29.4 Å². The van der Waals surface area contributed by atoms with Gasteiger partial charge in [0, 0.05) is 32.3 Å². The normalized spacial score (nSPS) is 10.8. The van der Waals surface area contributed by atoms with E-state index >= 15 is 0 Å². The SMILES string of the molecule is CCC(=O)c1cc(Br)c(=O)[nH]c1/C=C\N(C)C. The van der Waals surface area contributed by atoms with E-state index in [-0.39, 0.29) is 11.3 Å². The lowest BCUT2D eigenvalue weighted by Gasteiger charge is -2.07. The number of hydrogen-bond acceptors (Lipinski definition) is 3. The van der Waals surface area contributed by atoms with Crippen LogP contribution < -0.4 is 5.56 Å². The predicted octanol–water partition coefficient (Wildman–Crippen LogP) is 2.26. The van der Waals surface area contributed by atoms with Crippen LogP contribution in [0.3, 0.4) is 0 Å². The molecule has 0 fully saturated rings. The molecule has 0 saturated carbocycles. The fourth-order valence-corrected chi connectivity index (χ4v) is 1.62. The zero-order chi connectivity index (χ0) is 13.0. The van der Waals surface area contributed by atoms with Crippen molar-refractivity contribution in [2.75, 3.05) is 14.1 Å². The molecule has 0 atom stereocenters. The highest BCUT2D eigenvalue weighted by Crippen LogP contribution is 2.14. The van der Waals surface area contributed by atoms with Crippen molar-refractivity contribution < 1.29 is 4.79 Å². The number of carbonyl (C=O) groups is 1.